The molecule has 2 fully saturated rings. The molecule has 8 heteroatoms. The molecular formula is C12H14ClFN2O3S. The molecule has 1 aromatic carbocycles. The van der Waals surface area contributed by atoms with E-state index in [-0.39, 0.29) is 28.0 Å². The number of hydrogen-bond acceptors (Lipinski definition) is 4. The van der Waals surface area contributed by atoms with Crippen LogP contribution in [0.3, 0.4) is 0 Å². The molecule has 110 valence electrons. The SMILES string of the molecule is NC1C2CCOC2C1NS(=O)(=O)c1ccc(F)cc1Cl. The molecule has 3 N–H and O–H groups in total. The molecule has 0 radical (unpaired) electrons. The van der Waals surface area contributed by atoms with Gasteiger partial charge in [-0.2, -0.15) is 0 Å². The predicted molar refractivity (Wildman–Crippen MR) is 71.3 cm³/mol. The highest BCUT2D eigenvalue weighted by molar-refractivity contribution is 7.89. The Hall–Kier alpha value is -0.730. The third-order valence-corrected chi connectivity index (χ3v) is 5.86. The summed E-state index contributed by atoms with van der Waals surface area (Å²) in [6.07, 6.45) is 0.667. The fraction of sp³-hybridized carbons (Fsp3) is 0.500. The Kier molecular flexibility index (Phi) is 3.50. The van der Waals surface area contributed by atoms with Gasteiger partial charge in [0.05, 0.1) is 17.2 Å². The lowest BCUT2D eigenvalue weighted by Gasteiger charge is -2.45. The third-order valence-electron chi connectivity index (χ3n) is 3.92. The Morgan fingerprint density at radius 1 is 1.45 bits per heavy atom. The number of benzene rings is 1. The number of hydrogen-bond donors (Lipinski definition) is 2. The second-order valence-electron chi connectivity index (χ2n) is 5.09. The van der Waals surface area contributed by atoms with Crippen LogP contribution in [0.4, 0.5) is 4.39 Å². The molecule has 0 spiro atoms. The van der Waals surface area contributed by atoms with Crippen molar-refractivity contribution < 1.29 is 17.5 Å². The lowest BCUT2D eigenvalue weighted by molar-refractivity contribution is -0.00924. The quantitative estimate of drug-likeness (QED) is 0.866. The molecule has 0 bridgehead atoms. The summed E-state index contributed by atoms with van der Waals surface area (Å²) in [6, 6.07) is 2.42. The first-order valence-electron chi connectivity index (χ1n) is 6.25. The molecule has 1 aliphatic heterocycles. The normalized spacial score (nSPS) is 32.8. The van der Waals surface area contributed by atoms with Gasteiger partial charge in [-0.3, -0.25) is 0 Å². The maximum absolute atomic E-state index is 13.0. The van der Waals surface area contributed by atoms with Crippen LogP contribution in [0.15, 0.2) is 23.1 Å². The van der Waals surface area contributed by atoms with Crippen molar-refractivity contribution in [3.63, 3.8) is 0 Å². The van der Waals surface area contributed by atoms with Crippen LogP contribution in [-0.2, 0) is 14.8 Å². The first-order chi connectivity index (χ1) is 9.40. The van der Waals surface area contributed by atoms with E-state index in [2.05, 4.69) is 4.72 Å². The maximum Gasteiger partial charge on any atom is 0.242 e. The number of nitrogens with one attached hydrogen (secondary N) is 1. The topological polar surface area (TPSA) is 81.4 Å². The Bertz CT molecular complexity index is 640. The van der Waals surface area contributed by atoms with Gasteiger partial charge >= 0.3 is 0 Å². The van der Waals surface area contributed by atoms with E-state index in [1.807, 2.05) is 0 Å². The summed E-state index contributed by atoms with van der Waals surface area (Å²) in [7, 11) is -3.85. The summed E-state index contributed by atoms with van der Waals surface area (Å²) in [6.45, 7) is 0.596. The molecule has 0 amide bonds. The summed E-state index contributed by atoms with van der Waals surface area (Å²) in [5.74, 6) is -0.389. The minimum Gasteiger partial charge on any atom is -0.376 e. The number of ether oxygens (including phenoxy) is 1. The lowest BCUT2D eigenvalue weighted by Crippen LogP contribution is -2.68. The highest BCUT2D eigenvalue weighted by atomic mass is 35.5. The van der Waals surface area contributed by atoms with E-state index in [1.165, 1.54) is 0 Å². The van der Waals surface area contributed by atoms with Crippen molar-refractivity contribution in [2.45, 2.75) is 29.5 Å². The van der Waals surface area contributed by atoms with Crippen molar-refractivity contribution in [1.82, 2.24) is 4.72 Å². The zero-order valence-corrected chi connectivity index (χ0v) is 12.0. The lowest BCUT2D eigenvalue weighted by atomic mass is 9.73. The Labute approximate surface area is 121 Å². The van der Waals surface area contributed by atoms with Gasteiger partial charge in [0.25, 0.3) is 0 Å². The molecule has 20 heavy (non-hydrogen) atoms. The third kappa shape index (κ3) is 2.23. The van der Waals surface area contributed by atoms with Gasteiger partial charge in [-0.05, 0) is 24.6 Å². The minimum absolute atomic E-state index is 0.158. The fourth-order valence-electron chi connectivity index (χ4n) is 2.83. The van der Waals surface area contributed by atoms with Crippen molar-refractivity contribution in [1.29, 1.82) is 0 Å². The molecule has 5 nitrogen and oxygen atoms in total. The molecule has 1 aliphatic carbocycles. The van der Waals surface area contributed by atoms with Gasteiger partial charge in [-0.15, -0.1) is 0 Å². The summed E-state index contributed by atoms with van der Waals surface area (Å²) < 4.78 is 45.5. The van der Waals surface area contributed by atoms with Crippen LogP contribution in [-0.4, -0.2) is 33.2 Å². The number of rotatable bonds is 3. The molecule has 1 saturated heterocycles. The monoisotopic (exact) mass is 320 g/mol. The minimum atomic E-state index is -3.85. The molecular weight excluding hydrogens is 307 g/mol. The highest BCUT2D eigenvalue weighted by Gasteiger charge is 2.53. The number of nitrogens with two attached hydrogens (primary N) is 1. The van der Waals surface area contributed by atoms with Gasteiger partial charge in [-0.25, -0.2) is 17.5 Å². The molecule has 1 aromatic rings. The van der Waals surface area contributed by atoms with Crippen molar-refractivity contribution in [2.75, 3.05) is 6.61 Å². The van der Waals surface area contributed by atoms with Crippen molar-refractivity contribution in [3.8, 4) is 0 Å². The first-order valence-corrected chi connectivity index (χ1v) is 8.11. The molecule has 4 unspecified atom stereocenters. The van der Waals surface area contributed by atoms with Crippen LogP contribution in [0.1, 0.15) is 6.42 Å². The largest absolute Gasteiger partial charge is 0.376 e. The Morgan fingerprint density at radius 2 is 2.20 bits per heavy atom. The molecule has 1 heterocycles. The van der Waals surface area contributed by atoms with E-state index < -0.39 is 21.9 Å². The van der Waals surface area contributed by atoms with Crippen LogP contribution in [0.2, 0.25) is 5.02 Å². The first kappa shape index (κ1) is 14.2. The summed E-state index contributed by atoms with van der Waals surface area (Å²) in [5, 5.41) is -0.158. The summed E-state index contributed by atoms with van der Waals surface area (Å²) in [4.78, 5) is -0.158. The summed E-state index contributed by atoms with van der Waals surface area (Å²) >= 11 is 5.78. The van der Waals surface area contributed by atoms with Crippen molar-refractivity contribution in [3.05, 3.63) is 29.0 Å². The molecule has 3 rings (SSSR count). The van der Waals surface area contributed by atoms with Crippen LogP contribution in [0, 0.1) is 11.7 Å². The van der Waals surface area contributed by atoms with Crippen LogP contribution in [0.5, 0.6) is 0 Å². The Balaban J connectivity index is 1.82. The zero-order chi connectivity index (χ0) is 14.5. The van der Waals surface area contributed by atoms with E-state index in [9.17, 15) is 12.8 Å². The second kappa shape index (κ2) is 4.92. The van der Waals surface area contributed by atoms with Gasteiger partial charge < -0.3 is 10.5 Å². The molecule has 2 aliphatic rings. The van der Waals surface area contributed by atoms with Gasteiger partial charge in [0.1, 0.15) is 10.7 Å². The van der Waals surface area contributed by atoms with Crippen molar-refractivity contribution >= 4 is 21.6 Å². The van der Waals surface area contributed by atoms with E-state index >= 15 is 0 Å². The van der Waals surface area contributed by atoms with E-state index in [4.69, 9.17) is 22.1 Å². The van der Waals surface area contributed by atoms with Gasteiger partial charge in [-0.1, -0.05) is 11.6 Å². The van der Waals surface area contributed by atoms with Crippen LogP contribution < -0.4 is 10.5 Å². The van der Waals surface area contributed by atoms with E-state index in [0.717, 1.165) is 24.6 Å². The average Bonchev–Trinajstić information content (AvgIpc) is 2.80. The molecule has 1 saturated carbocycles. The molecule has 4 atom stereocenters. The summed E-state index contributed by atoms with van der Waals surface area (Å²) in [5.41, 5.74) is 5.96. The van der Waals surface area contributed by atoms with E-state index in [0.29, 0.717) is 6.61 Å². The average molecular weight is 321 g/mol. The number of fused-ring (bicyclic) bond motifs is 1. The van der Waals surface area contributed by atoms with E-state index in [1.54, 1.807) is 0 Å². The highest BCUT2D eigenvalue weighted by Crippen LogP contribution is 2.38. The second-order valence-corrected chi connectivity index (χ2v) is 7.18. The number of halogens is 2. The van der Waals surface area contributed by atoms with Crippen LogP contribution in [0.25, 0.3) is 0 Å². The standard InChI is InChI=1S/C12H14ClFN2O3S/c13-8-5-6(14)1-2-9(8)20(17,18)16-11-10(15)7-3-4-19-12(7)11/h1-2,5,7,10-12,16H,3-4,15H2. The van der Waals surface area contributed by atoms with Gasteiger partial charge in [0.2, 0.25) is 10.0 Å². The number of sulfonamides is 1. The zero-order valence-electron chi connectivity index (χ0n) is 10.4. The Morgan fingerprint density at radius 3 is 2.90 bits per heavy atom. The van der Waals surface area contributed by atoms with Gasteiger partial charge in [0.15, 0.2) is 0 Å². The predicted octanol–water partition coefficient (Wildman–Crippen LogP) is 0.872. The maximum atomic E-state index is 13.0. The van der Waals surface area contributed by atoms with Crippen molar-refractivity contribution in [2.24, 2.45) is 11.7 Å². The smallest absolute Gasteiger partial charge is 0.242 e. The molecule has 0 aromatic heterocycles. The van der Waals surface area contributed by atoms with Gasteiger partial charge in [0, 0.05) is 18.6 Å². The fourth-order valence-corrected chi connectivity index (χ4v) is 4.64. The van der Waals surface area contributed by atoms with Crippen LogP contribution >= 0.6 is 11.6 Å².